The maximum absolute atomic E-state index is 13.2. The number of hydrogen-bond donors (Lipinski definition) is 2. The first kappa shape index (κ1) is 21.2. The van der Waals surface area contributed by atoms with Gasteiger partial charge in [-0.1, -0.05) is 17.7 Å². The minimum atomic E-state index is -0.736. The van der Waals surface area contributed by atoms with Gasteiger partial charge in [0.15, 0.2) is 0 Å². The van der Waals surface area contributed by atoms with Crippen molar-refractivity contribution in [3.8, 4) is 0 Å². The molecule has 25 heavy (non-hydrogen) atoms. The number of halogens is 2. The van der Waals surface area contributed by atoms with Crippen molar-refractivity contribution in [1.82, 2.24) is 10.6 Å². The standard InChI is InChI=1S/C18H26ClFN2O3/c1-17(2,3)25-16(24)21-10-6-7-15(23)22-18(4,5)13-9-8-12(20)11-14(13)19/h8-9,11H,6-7,10H2,1-5H3,(H,21,24)(H,22,23). The van der Waals surface area contributed by atoms with Crippen LogP contribution in [-0.2, 0) is 15.1 Å². The summed E-state index contributed by atoms with van der Waals surface area (Å²) in [6.45, 7) is 9.26. The highest BCUT2D eigenvalue weighted by atomic mass is 35.5. The normalized spacial score (nSPS) is 11.8. The van der Waals surface area contributed by atoms with E-state index in [4.69, 9.17) is 16.3 Å². The van der Waals surface area contributed by atoms with Crippen LogP contribution in [0.4, 0.5) is 9.18 Å². The zero-order valence-corrected chi connectivity index (χ0v) is 16.1. The van der Waals surface area contributed by atoms with Crippen molar-refractivity contribution in [3.63, 3.8) is 0 Å². The van der Waals surface area contributed by atoms with Crippen LogP contribution >= 0.6 is 11.6 Å². The van der Waals surface area contributed by atoms with Gasteiger partial charge in [0.2, 0.25) is 5.91 Å². The molecule has 0 atom stereocenters. The molecule has 0 heterocycles. The van der Waals surface area contributed by atoms with E-state index >= 15 is 0 Å². The van der Waals surface area contributed by atoms with E-state index in [1.165, 1.54) is 12.1 Å². The number of carbonyl (C=O) groups excluding carboxylic acids is 2. The molecule has 5 nitrogen and oxygen atoms in total. The quantitative estimate of drug-likeness (QED) is 0.737. The third-order valence-electron chi connectivity index (χ3n) is 3.31. The SMILES string of the molecule is CC(C)(C)OC(=O)NCCCC(=O)NC(C)(C)c1ccc(F)cc1Cl. The summed E-state index contributed by atoms with van der Waals surface area (Å²) >= 11 is 6.06. The smallest absolute Gasteiger partial charge is 0.407 e. The fourth-order valence-corrected chi connectivity index (χ4v) is 2.63. The number of carbonyl (C=O) groups is 2. The van der Waals surface area contributed by atoms with Gasteiger partial charge in [-0.2, -0.15) is 0 Å². The van der Waals surface area contributed by atoms with Crippen molar-refractivity contribution < 1.29 is 18.7 Å². The first-order valence-electron chi connectivity index (χ1n) is 8.14. The summed E-state index contributed by atoms with van der Waals surface area (Å²) in [6, 6.07) is 4.08. The lowest BCUT2D eigenvalue weighted by atomic mass is 9.94. The number of ether oxygens (including phenoxy) is 1. The second kappa shape index (κ2) is 8.52. The summed E-state index contributed by atoms with van der Waals surface area (Å²) in [5.74, 6) is -0.611. The molecule has 0 aromatic heterocycles. The summed E-state index contributed by atoms with van der Waals surface area (Å²) in [4.78, 5) is 23.6. The van der Waals surface area contributed by atoms with Crippen molar-refractivity contribution in [2.75, 3.05) is 6.54 Å². The van der Waals surface area contributed by atoms with E-state index in [9.17, 15) is 14.0 Å². The Balaban J connectivity index is 2.44. The highest BCUT2D eigenvalue weighted by Crippen LogP contribution is 2.28. The number of nitrogens with one attached hydrogen (secondary N) is 2. The second-order valence-electron chi connectivity index (χ2n) is 7.33. The van der Waals surface area contributed by atoms with Crippen molar-refractivity contribution in [3.05, 3.63) is 34.6 Å². The number of amides is 2. The molecule has 0 unspecified atom stereocenters. The summed E-state index contributed by atoms with van der Waals surface area (Å²) in [6.07, 6.45) is 0.197. The van der Waals surface area contributed by atoms with Crippen molar-refractivity contribution in [1.29, 1.82) is 0 Å². The predicted molar refractivity (Wildman–Crippen MR) is 96.0 cm³/mol. The van der Waals surface area contributed by atoms with Crippen LogP contribution in [0, 0.1) is 5.82 Å². The molecule has 0 fully saturated rings. The molecule has 0 saturated heterocycles. The molecule has 0 aliphatic rings. The monoisotopic (exact) mass is 372 g/mol. The average Bonchev–Trinajstić information content (AvgIpc) is 2.40. The Bertz CT molecular complexity index is 627. The number of rotatable bonds is 6. The van der Waals surface area contributed by atoms with E-state index in [1.54, 1.807) is 40.7 Å². The third kappa shape index (κ3) is 7.73. The first-order chi connectivity index (χ1) is 11.4. The summed E-state index contributed by atoms with van der Waals surface area (Å²) in [7, 11) is 0. The van der Waals surface area contributed by atoms with Gasteiger partial charge in [-0.05, 0) is 58.7 Å². The van der Waals surface area contributed by atoms with Crippen molar-refractivity contribution in [2.24, 2.45) is 0 Å². The van der Waals surface area contributed by atoms with Crippen LogP contribution in [0.5, 0.6) is 0 Å². The molecule has 1 aromatic carbocycles. The Morgan fingerprint density at radius 3 is 2.40 bits per heavy atom. The maximum atomic E-state index is 13.2. The summed E-state index contributed by atoms with van der Waals surface area (Å²) < 4.78 is 18.3. The Morgan fingerprint density at radius 2 is 1.84 bits per heavy atom. The van der Waals surface area contributed by atoms with E-state index in [0.717, 1.165) is 0 Å². The van der Waals surface area contributed by atoms with Gasteiger partial charge >= 0.3 is 6.09 Å². The largest absolute Gasteiger partial charge is 0.444 e. The lowest BCUT2D eigenvalue weighted by molar-refractivity contribution is -0.122. The van der Waals surface area contributed by atoms with E-state index in [2.05, 4.69) is 10.6 Å². The molecule has 0 saturated carbocycles. The number of hydrogen-bond acceptors (Lipinski definition) is 3. The molecule has 140 valence electrons. The van der Waals surface area contributed by atoms with Crippen LogP contribution < -0.4 is 10.6 Å². The van der Waals surface area contributed by atoms with Gasteiger partial charge in [-0.15, -0.1) is 0 Å². The van der Waals surface area contributed by atoms with Crippen LogP contribution in [0.15, 0.2) is 18.2 Å². The zero-order chi connectivity index (χ0) is 19.3. The Labute approximate surface area is 153 Å². The summed E-state index contributed by atoms with van der Waals surface area (Å²) in [5.41, 5.74) is -0.656. The fraction of sp³-hybridized carbons (Fsp3) is 0.556. The topological polar surface area (TPSA) is 67.4 Å². The van der Waals surface area contributed by atoms with Gasteiger partial charge in [-0.3, -0.25) is 4.79 Å². The molecule has 0 aliphatic heterocycles. The van der Waals surface area contributed by atoms with Gasteiger partial charge < -0.3 is 15.4 Å². The number of benzene rings is 1. The zero-order valence-electron chi connectivity index (χ0n) is 15.3. The summed E-state index contributed by atoms with van der Waals surface area (Å²) in [5, 5.41) is 5.73. The van der Waals surface area contributed by atoms with Crippen LogP contribution in [0.2, 0.25) is 5.02 Å². The molecular formula is C18H26ClFN2O3. The molecule has 0 radical (unpaired) electrons. The molecule has 1 aromatic rings. The number of alkyl carbamates (subject to hydrolysis) is 1. The van der Waals surface area contributed by atoms with E-state index in [1.807, 2.05) is 0 Å². The van der Waals surface area contributed by atoms with Crippen LogP contribution in [0.1, 0.15) is 53.0 Å². The van der Waals surface area contributed by atoms with Gasteiger partial charge in [0.05, 0.1) is 5.54 Å². The predicted octanol–water partition coefficient (Wildman–Crippen LogP) is 4.14. The molecule has 1 rings (SSSR count). The van der Waals surface area contributed by atoms with E-state index < -0.39 is 23.1 Å². The van der Waals surface area contributed by atoms with Gasteiger partial charge in [0, 0.05) is 18.0 Å². The molecule has 7 heteroatoms. The lowest BCUT2D eigenvalue weighted by Crippen LogP contribution is -2.41. The molecule has 0 bridgehead atoms. The van der Waals surface area contributed by atoms with Crippen molar-refractivity contribution in [2.45, 2.75) is 58.6 Å². The van der Waals surface area contributed by atoms with E-state index in [-0.39, 0.29) is 17.4 Å². The molecule has 0 aliphatic carbocycles. The Hall–Kier alpha value is -1.82. The van der Waals surface area contributed by atoms with Gasteiger partial charge in [-0.25, -0.2) is 9.18 Å². The van der Waals surface area contributed by atoms with Crippen LogP contribution in [-0.4, -0.2) is 24.1 Å². The molecular weight excluding hydrogens is 347 g/mol. The van der Waals surface area contributed by atoms with Crippen LogP contribution in [0.3, 0.4) is 0 Å². The second-order valence-corrected chi connectivity index (χ2v) is 7.74. The minimum absolute atomic E-state index is 0.184. The molecule has 2 amide bonds. The Morgan fingerprint density at radius 1 is 1.20 bits per heavy atom. The average molecular weight is 373 g/mol. The van der Waals surface area contributed by atoms with Gasteiger partial charge in [0.1, 0.15) is 11.4 Å². The third-order valence-corrected chi connectivity index (χ3v) is 3.62. The van der Waals surface area contributed by atoms with E-state index in [0.29, 0.717) is 18.5 Å². The maximum Gasteiger partial charge on any atom is 0.407 e. The fourth-order valence-electron chi connectivity index (χ4n) is 2.23. The Kier molecular flexibility index (Phi) is 7.23. The molecule has 0 spiro atoms. The highest BCUT2D eigenvalue weighted by molar-refractivity contribution is 6.31. The first-order valence-corrected chi connectivity index (χ1v) is 8.52. The molecule has 2 N–H and O–H groups in total. The van der Waals surface area contributed by atoms with Gasteiger partial charge in [0.25, 0.3) is 0 Å². The highest BCUT2D eigenvalue weighted by Gasteiger charge is 2.25. The van der Waals surface area contributed by atoms with Crippen LogP contribution in [0.25, 0.3) is 0 Å². The van der Waals surface area contributed by atoms with Crippen molar-refractivity contribution >= 4 is 23.6 Å². The minimum Gasteiger partial charge on any atom is -0.444 e. The lowest BCUT2D eigenvalue weighted by Gasteiger charge is -2.28.